The molecular weight excluding hydrogens is 514 g/mol. The van der Waals surface area contributed by atoms with Crippen molar-refractivity contribution in [1.29, 1.82) is 5.26 Å². The minimum absolute atomic E-state index is 0.0906. The number of hydrogen-bond donors (Lipinski definition) is 3. The maximum Gasteiger partial charge on any atom is 0.309 e. The summed E-state index contributed by atoms with van der Waals surface area (Å²) in [6, 6.07) is 4.63. The van der Waals surface area contributed by atoms with E-state index in [1.165, 1.54) is 25.7 Å². The van der Waals surface area contributed by atoms with E-state index >= 15 is 0 Å². The number of hydrogen-bond acceptors (Lipinski definition) is 7. The zero-order chi connectivity index (χ0) is 28.7. The monoisotopic (exact) mass is 553 g/mol. The van der Waals surface area contributed by atoms with Gasteiger partial charge < -0.3 is 30.0 Å². The number of carbonyl (C=O) groups is 3. The van der Waals surface area contributed by atoms with Gasteiger partial charge in [0.15, 0.2) is 0 Å². The zero-order valence-electron chi connectivity index (χ0n) is 23.5. The minimum atomic E-state index is -0.819. The van der Waals surface area contributed by atoms with Crippen LogP contribution in [0.5, 0.6) is 11.5 Å². The van der Waals surface area contributed by atoms with Crippen molar-refractivity contribution in [2.45, 2.75) is 96.0 Å². The second-order valence-corrected chi connectivity index (χ2v) is 12.5. The summed E-state index contributed by atoms with van der Waals surface area (Å²) in [5, 5.41) is 25.4. The third-order valence-corrected chi connectivity index (χ3v) is 9.64. The predicted octanol–water partition coefficient (Wildman–Crippen LogP) is 3.56. The number of ether oxygens (including phenoxy) is 3. The molecule has 0 unspecified atom stereocenters. The Labute approximate surface area is 234 Å². The molecule has 2 bridgehead atoms. The average Bonchev–Trinajstić information content (AvgIpc) is 3.53. The van der Waals surface area contributed by atoms with Gasteiger partial charge in [-0.15, -0.1) is 0 Å². The van der Waals surface area contributed by atoms with E-state index in [1.54, 1.807) is 6.92 Å². The molecule has 4 fully saturated rings. The molecule has 10 nitrogen and oxygen atoms in total. The van der Waals surface area contributed by atoms with E-state index in [2.05, 4.69) is 23.6 Å². The number of methoxy groups -OCH3 is 1. The van der Waals surface area contributed by atoms with Gasteiger partial charge in [0, 0.05) is 12.6 Å². The van der Waals surface area contributed by atoms with Gasteiger partial charge in [-0.3, -0.25) is 14.4 Å². The molecule has 1 aromatic carbocycles. The van der Waals surface area contributed by atoms with E-state index in [-0.39, 0.29) is 52.3 Å². The van der Waals surface area contributed by atoms with E-state index in [0.29, 0.717) is 32.2 Å². The number of carboxylic acid groups (broad SMARTS) is 1. The Kier molecular flexibility index (Phi) is 7.71. The normalized spacial score (nSPS) is 31.9. The van der Waals surface area contributed by atoms with E-state index in [1.807, 2.05) is 0 Å². The van der Waals surface area contributed by atoms with Crippen LogP contribution in [0.1, 0.15) is 87.6 Å². The van der Waals surface area contributed by atoms with E-state index in [0.717, 1.165) is 25.7 Å². The van der Waals surface area contributed by atoms with Gasteiger partial charge in [-0.1, -0.05) is 13.3 Å². The fourth-order valence-corrected chi connectivity index (χ4v) is 6.63. The molecule has 3 N–H and O–H groups in total. The van der Waals surface area contributed by atoms with Gasteiger partial charge in [-0.25, -0.2) is 0 Å². The Morgan fingerprint density at radius 2 is 1.77 bits per heavy atom. The summed E-state index contributed by atoms with van der Waals surface area (Å²) in [5.74, 6) is -1.33. The highest BCUT2D eigenvalue weighted by molar-refractivity contribution is 5.98. The van der Waals surface area contributed by atoms with Crippen LogP contribution in [0.15, 0.2) is 12.1 Å². The molecule has 2 saturated carbocycles. The van der Waals surface area contributed by atoms with E-state index < -0.39 is 29.3 Å². The van der Waals surface area contributed by atoms with Crippen molar-refractivity contribution in [2.24, 2.45) is 16.7 Å². The summed E-state index contributed by atoms with van der Waals surface area (Å²) in [4.78, 5) is 38.5. The Hall–Kier alpha value is -3.32. The molecule has 2 aliphatic heterocycles. The number of carboxylic acids is 1. The lowest BCUT2D eigenvalue weighted by molar-refractivity contribution is -0.150. The van der Waals surface area contributed by atoms with Crippen LogP contribution in [0, 0.1) is 28.1 Å². The number of nitrogens with zero attached hydrogens (tertiary/aromatic N) is 1. The van der Waals surface area contributed by atoms with Crippen LogP contribution in [-0.2, 0) is 14.3 Å². The van der Waals surface area contributed by atoms with Gasteiger partial charge in [-0.2, -0.15) is 5.26 Å². The molecule has 0 spiro atoms. The fraction of sp³-hybridized carbons (Fsp3) is 0.667. The first kappa shape index (κ1) is 28.2. The van der Waals surface area contributed by atoms with Gasteiger partial charge in [-0.05, 0) is 69.8 Å². The largest absolute Gasteiger partial charge is 0.496 e. The molecule has 5 rings (SSSR count). The Bertz CT molecular complexity index is 1210. The highest BCUT2D eigenvalue weighted by atomic mass is 16.5. The van der Waals surface area contributed by atoms with Crippen LogP contribution in [0.25, 0.3) is 0 Å². The average molecular weight is 554 g/mol. The van der Waals surface area contributed by atoms with Crippen LogP contribution >= 0.6 is 0 Å². The highest BCUT2D eigenvalue weighted by Crippen LogP contribution is 2.42. The van der Waals surface area contributed by atoms with Crippen molar-refractivity contribution in [2.75, 3.05) is 13.7 Å². The molecule has 40 heavy (non-hydrogen) atoms. The number of nitriles is 1. The summed E-state index contributed by atoms with van der Waals surface area (Å²) in [6.45, 7) is 4.54. The molecule has 4 atom stereocenters. The molecule has 2 saturated heterocycles. The Morgan fingerprint density at radius 1 is 1.07 bits per heavy atom. The maximum absolute atomic E-state index is 13.6. The summed E-state index contributed by atoms with van der Waals surface area (Å²) < 4.78 is 17.7. The van der Waals surface area contributed by atoms with Crippen molar-refractivity contribution in [1.82, 2.24) is 10.6 Å². The number of benzene rings is 1. The van der Waals surface area contributed by atoms with Crippen LogP contribution in [-0.4, -0.2) is 60.9 Å². The molecule has 10 heteroatoms. The van der Waals surface area contributed by atoms with Gasteiger partial charge in [0.1, 0.15) is 17.6 Å². The molecule has 4 aliphatic rings. The first-order valence-corrected chi connectivity index (χ1v) is 14.3. The third kappa shape index (κ3) is 5.36. The second-order valence-electron chi connectivity index (χ2n) is 12.5. The number of nitrogens with one attached hydrogen (secondary N) is 2. The smallest absolute Gasteiger partial charge is 0.309 e. The zero-order valence-corrected chi connectivity index (χ0v) is 23.5. The van der Waals surface area contributed by atoms with Crippen LogP contribution in [0.4, 0.5) is 0 Å². The van der Waals surface area contributed by atoms with Crippen LogP contribution in [0.3, 0.4) is 0 Å². The number of aliphatic carboxylic acids is 1. The summed E-state index contributed by atoms with van der Waals surface area (Å²) in [7, 11) is 1.43. The van der Waals surface area contributed by atoms with E-state index in [9.17, 15) is 24.8 Å². The lowest BCUT2D eigenvalue weighted by Gasteiger charge is -2.39. The summed E-state index contributed by atoms with van der Waals surface area (Å²) >= 11 is 0. The molecule has 0 aromatic heterocycles. The number of carbonyl (C=O) groups excluding carboxylic acids is 2. The van der Waals surface area contributed by atoms with Gasteiger partial charge >= 0.3 is 5.97 Å². The van der Waals surface area contributed by atoms with Gasteiger partial charge in [0.05, 0.1) is 53.9 Å². The lowest BCUT2D eigenvalue weighted by atomic mass is 9.70. The summed E-state index contributed by atoms with van der Waals surface area (Å²) in [5.41, 5.74) is -0.218. The van der Waals surface area contributed by atoms with Crippen molar-refractivity contribution in [3.8, 4) is 17.6 Å². The van der Waals surface area contributed by atoms with Crippen LogP contribution in [0.2, 0.25) is 0 Å². The second kappa shape index (κ2) is 10.9. The number of amides is 2. The van der Waals surface area contributed by atoms with Crippen LogP contribution < -0.4 is 20.1 Å². The Morgan fingerprint density at radius 3 is 2.38 bits per heavy atom. The first-order chi connectivity index (χ1) is 19.1. The Balaban J connectivity index is 1.31. The third-order valence-electron chi connectivity index (χ3n) is 9.64. The molecular formula is C30H39N3O7. The van der Waals surface area contributed by atoms with Crippen molar-refractivity contribution in [3.05, 3.63) is 23.3 Å². The van der Waals surface area contributed by atoms with Crippen molar-refractivity contribution < 1.29 is 33.7 Å². The molecule has 2 heterocycles. The van der Waals surface area contributed by atoms with Gasteiger partial charge in [0.25, 0.3) is 5.91 Å². The molecule has 0 radical (unpaired) electrons. The lowest BCUT2D eigenvalue weighted by Crippen LogP contribution is -2.53. The summed E-state index contributed by atoms with van der Waals surface area (Å²) in [6.07, 6.45) is 6.18. The first-order valence-electron chi connectivity index (χ1n) is 14.3. The van der Waals surface area contributed by atoms with Crippen molar-refractivity contribution >= 4 is 17.8 Å². The topological polar surface area (TPSA) is 147 Å². The van der Waals surface area contributed by atoms with Crippen molar-refractivity contribution in [3.63, 3.8) is 0 Å². The standard InChI is InChI=1S/C30H39N3O7/c1-29(9-4-10-29)16-32-27(35)24-20-5-6-21(40-20)25(24)33-26(34)19-14-22(17(15-31)13-23(19)38-3)39-18-7-11-30(2,12-8-18)28(36)37/h13-14,18,20-21,24-25H,4-12,16H2,1-3H3,(H,32,35)(H,33,34)(H,36,37)/t18-,20-,21+,24+,25-,30+/m1/s1. The van der Waals surface area contributed by atoms with Gasteiger partial charge in [0.2, 0.25) is 5.91 Å². The molecule has 1 aromatic rings. The predicted molar refractivity (Wildman–Crippen MR) is 144 cm³/mol. The number of rotatable bonds is 9. The minimum Gasteiger partial charge on any atom is -0.496 e. The molecule has 2 aliphatic carbocycles. The fourth-order valence-electron chi connectivity index (χ4n) is 6.63. The number of fused-ring (bicyclic) bond motifs is 2. The van der Waals surface area contributed by atoms with E-state index in [4.69, 9.17) is 14.2 Å². The quantitative estimate of drug-likeness (QED) is 0.421. The molecule has 216 valence electrons. The molecule has 2 amide bonds. The SMILES string of the molecule is COc1cc(C#N)c(O[C@H]2CC[C@@](C)(C(=O)O)CC2)cc1C(=O)N[C@H]1[C@@H](C(=O)NCC2(C)CCC2)[C@H]2CC[C@@H]1O2. The maximum atomic E-state index is 13.6. The highest BCUT2D eigenvalue weighted by Gasteiger charge is 2.53.